The molecule has 1 heterocycles. The van der Waals surface area contributed by atoms with E-state index in [0.717, 1.165) is 18.2 Å². The minimum absolute atomic E-state index is 0.0247. The molecule has 2 unspecified atom stereocenters. The third-order valence-electron chi connectivity index (χ3n) is 3.57. The lowest BCUT2D eigenvalue weighted by molar-refractivity contribution is -0.536. The molecule has 2 aromatic rings. The number of carbonyl (C=O) groups is 1. The van der Waals surface area contributed by atoms with Gasteiger partial charge in [0, 0.05) is 0 Å². The smallest absolute Gasteiger partial charge is 0.397 e. The van der Waals surface area contributed by atoms with Crippen molar-refractivity contribution >= 4 is 17.4 Å². The summed E-state index contributed by atoms with van der Waals surface area (Å²) in [5.41, 5.74) is -0.880. The Morgan fingerprint density at radius 1 is 1.13 bits per heavy atom. The maximum Gasteiger partial charge on any atom is 0.397 e. The lowest BCUT2D eigenvalue weighted by Crippen LogP contribution is -2.51. The van der Waals surface area contributed by atoms with Gasteiger partial charge in [-0.05, 0) is 35.9 Å². The van der Waals surface area contributed by atoms with E-state index in [2.05, 4.69) is 0 Å². The van der Waals surface area contributed by atoms with E-state index in [0.29, 0.717) is 0 Å². The van der Waals surface area contributed by atoms with Crippen molar-refractivity contribution < 1.29 is 23.2 Å². The molecule has 0 saturated carbocycles. The van der Waals surface area contributed by atoms with Crippen LogP contribution in [0.4, 0.5) is 8.78 Å². The Morgan fingerprint density at radius 3 is 2.35 bits per heavy atom. The molecule has 0 spiro atoms. The Kier molecular flexibility index (Phi) is 3.52. The second kappa shape index (κ2) is 5.27. The van der Waals surface area contributed by atoms with E-state index in [1.807, 2.05) is 0 Å². The number of nitro groups is 1. The molecule has 0 fully saturated rings. The minimum atomic E-state index is -2.86. The highest BCUT2D eigenvalue weighted by Gasteiger charge is 2.63. The van der Waals surface area contributed by atoms with Crippen molar-refractivity contribution in [3.8, 4) is 5.75 Å². The zero-order chi connectivity index (χ0) is 16.8. The lowest BCUT2D eigenvalue weighted by atomic mass is 9.90. The van der Waals surface area contributed by atoms with Crippen LogP contribution < -0.4 is 4.74 Å². The van der Waals surface area contributed by atoms with E-state index < -0.39 is 39.0 Å². The van der Waals surface area contributed by atoms with Gasteiger partial charge < -0.3 is 4.74 Å². The molecule has 23 heavy (non-hydrogen) atoms. The van der Waals surface area contributed by atoms with Gasteiger partial charge in [-0.2, -0.15) is 0 Å². The van der Waals surface area contributed by atoms with Crippen LogP contribution in [0.5, 0.6) is 5.75 Å². The fraction of sp³-hybridized carbons (Fsp3) is 0.133. The van der Waals surface area contributed by atoms with E-state index >= 15 is 0 Å². The van der Waals surface area contributed by atoms with E-state index in [1.165, 1.54) is 24.3 Å². The van der Waals surface area contributed by atoms with E-state index in [9.17, 15) is 23.7 Å². The first-order chi connectivity index (χ1) is 10.9. The number of nitrogens with zero attached hydrogens (tertiary/aromatic N) is 1. The molecule has 0 amide bonds. The molecule has 0 aliphatic carbocycles. The maximum absolute atomic E-state index is 14.0. The monoisotopic (exact) mass is 339 g/mol. The van der Waals surface area contributed by atoms with E-state index in [4.69, 9.17) is 16.3 Å². The number of ketones is 1. The fourth-order valence-electron chi connectivity index (χ4n) is 2.46. The van der Waals surface area contributed by atoms with Gasteiger partial charge in [-0.3, -0.25) is 14.9 Å². The molecule has 0 bridgehead atoms. The number of carbonyl (C=O) groups excluding carboxylic acids is 1. The van der Waals surface area contributed by atoms with E-state index in [1.54, 1.807) is 0 Å². The Hall–Kier alpha value is -2.54. The van der Waals surface area contributed by atoms with Gasteiger partial charge in [0.25, 0.3) is 5.78 Å². The molecule has 0 aromatic heterocycles. The minimum Gasteiger partial charge on any atom is -0.475 e. The highest BCUT2D eigenvalue weighted by atomic mass is 35.5. The quantitative estimate of drug-likeness (QED) is 0.363. The van der Waals surface area contributed by atoms with Crippen molar-refractivity contribution in [2.45, 2.75) is 11.1 Å². The molecule has 2 atom stereocenters. The third-order valence-corrected chi connectivity index (χ3v) is 4.08. The van der Waals surface area contributed by atoms with Crippen molar-refractivity contribution in [1.82, 2.24) is 0 Å². The maximum atomic E-state index is 14.0. The molecule has 5 nitrogen and oxygen atoms in total. The van der Waals surface area contributed by atoms with Gasteiger partial charge in [0.15, 0.2) is 0 Å². The summed E-state index contributed by atoms with van der Waals surface area (Å²) in [7, 11) is 0. The summed E-state index contributed by atoms with van der Waals surface area (Å²) in [6.45, 7) is 0. The third kappa shape index (κ3) is 2.16. The summed E-state index contributed by atoms with van der Waals surface area (Å²) in [5.74, 6) is -3.29. The number of alkyl halides is 1. The van der Waals surface area contributed by atoms with Crippen molar-refractivity contribution in [3.63, 3.8) is 0 Å². The lowest BCUT2D eigenvalue weighted by Gasteiger charge is -2.32. The first-order valence-electron chi connectivity index (χ1n) is 6.45. The van der Waals surface area contributed by atoms with Crippen LogP contribution in [0.25, 0.3) is 0 Å². The predicted molar refractivity (Wildman–Crippen MR) is 76.1 cm³/mol. The number of halogens is 3. The number of hydrogen-bond acceptors (Lipinski definition) is 4. The van der Waals surface area contributed by atoms with Crippen molar-refractivity contribution in [1.29, 1.82) is 0 Å². The normalized spacial score (nSPS) is 23.1. The van der Waals surface area contributed by atoms with Crippen molar-refractivity contribution in [2.24, 2.45) is 0 Å². The Morgan fingerprint density at radius 2 is 1.74 bits per heavy atom. The van der Waals surface area contributed by atoms with Crippen molar-refractivity contribution in [3.05, 3.63) is 75.3 Å². The molecular formula is C15H8ClF2NO4. The summed E-state index contributed by atoms with van der Waals surface area (Å²) in [6.07, 6.45) is -1.94. The van der Waals surface area contributed by atoms with Gasteiger partial charge in [0.05, 0.1) is 16.1 Å². The Balaban J connectivity index is 2.27. The number of para-hydroxylation sites is 1. The number of fused-ring (bicyclic) bond motifs is 1. The predicted octanol–water partition coefficient (Wildman–Crippen LogP) is 3.49. The molecule has 3 rings (SSSR count). The van der Waals surface area contributed by atoms with Crippen LogP contribution in [-0.4, -0.2) is 15.7 Å². The molecule has 1 aliphatic rings. The molecule has 0 N–H and O–H groups in total. The fourth-order valence-corrected chi connectivity index (χ4v) is 2.72. The molecule has 2 aromatic carbocycles. The van der Waals surface area contributed by atoms with Gasteiger partial charge in [-0.25, -0.2) is 8.78 Å². The SMILES string of the molecule is O=C1c2ccccc2OC(c2c(F)cccc2F)C1(Cl)[N+](=O)[O-]. The molecular weight excluding hydrogens is 332 g/mol. The van der Waals surface area contributed by atoms with Gasteiger partial charge in [-0.15, -0.1) is 0 Å². The van der Waals surface area contributed by atoms with Crippen LogP contribution in [0.1, 0.15) is 22.0 Å². The summed E-state index contributed by atoms with van der Waals surface area (Å²) < 4.78 is 33.4. The van der Waals surface area contributed by atoms with Gasteiger partial charge in [0.2, 0.25) is 6.10 Å². The van der Waals surface area contributed by atoms with Gasteiger partial charge in [0.1, 0.15) is 17.4 Å². The average Bonchev–Trinajstić information content (AvgIpc) is 2.51. The number of Topliss-reactive ketones (excluding diaryl/α,β-unsaturated/α-hetero) is 1. The number of ether oxygens (including phenoxy) is 1. The summed E-state index contributed by atoms with van der Waals surface area (Å²) in [5, 5.41) is 11.4. The van der Waals surface area contributed by atoms with Crippen LogP contribution in [0.2, 0.25) is 0 Å². The molecule has 0 radical (unpaired) electrons. The van der Waals surface area contributed by atoms with Crippen LogP contribution in [-0.2, 0) is 0 Å². The largest absolute Gasteiger partial charge is 0.475 e. The number of rotatable bonds is 2. The Bertz CT molecular complexity index is 809. The topological polar surface area (TPSA) is 69.4 Å². The van der Waals surface area contributed by atoms with Crippen LogP contribution in [0.3, 0.4) is 0 Å². The zero-order valence-electron chi connectivity index (χ0n) is 11.3. The first kappa shape index (κ1) is 15.4. The molecule has 8 heteroatoms. The van der Waals surface area contributed by atoms with Crippen LogP contribution in [0, 0.1) is 21.7 Å². The Labute approximate surface area is 133 Å². The van der Waals surface area contributed by atoms with Crippen molar-refractivity contribution in [2.75, 3.05) is 0 Å². The van der Waals surface area contributed by atoms with Crippen LogP contribution >= 0.6 is 11.6 Å². The standard InChI is InChI=1S/C15H8ClF2NO4/c16-15(19(21)22)13(20)8-4-1-2-7-11(8)23-14(15)12-9(17)5-3-6-10(12)18/h1-7,14H. The average molecular weight is 340 g/mol. The van der Waals surface area contributed by atoms with Gasteiger partial charge >= 0.3 is 5.00 Å². The second-order valence-corrected chi connectivity index (χ2v) is 5.47. The molecule has 118 valence electrons. The highest BCUT2D eigenvalue weighted by molar-refractivity contribution is 6.37. The second-order valence-electron chi connectivity index (χ2n) is 4.89. The van der Waals surface area contributed by atoms with E-state index in [-0.39, 0.29) is 11.3 Å². The highest BCUT2D eigenvalue weighted by Crippen LogP contribution is 2.46. The zero-order valence-corrected chi connectivity index (χ0v) is 12.1. The van der Waals surface area contributed by atoms with Crippen LogP contribution in [0.15, 0.2) is 42.5 Å². The van der Waals surface area contributed by atoms with Gasteiger partial charge in [-0.1, -0.05) is 18.2 Å². The number of hydrogen-bond donors (Lipinski definition) is 0. The number of benzene rings is 2. The molecule has 0 saturated heterocycles. The molecule has 1 aliphatic heterocycles. The summed E-state index contributed by atoms with van der Waals surface area (Å²) in [6, 6.07) is 8.57. The summed E-state index contributed by atoms with van der Waals surface area (Å²) >= 11 is 5.93. The summed E-state index contributed by atoms with van der Waals surface area (Å²) in [4.78, 5) is 20.0. The first-order valence-corrected chi connectivity index (χ1v) is 6.83.